The summed E-state index contributed by atoms with van der Waals surface area (Å²) in [5.74, 6) is 2.34. The number of furan rings is 1. The van der Waals surface area contributed by atoms with E-state index in [1.165, 1.54) is 6.33 Å². The molecule has 0 radical (unpaired) electrons. The molecule has 2 N–H and O–H groups in total. The lowest BCUT2D eigenvalue weighted by molar-refractivity contribution is 0.159. The van der Waals surface area contributed by atoms with Gasteiger partial charge in [-0.25, -0.2) is 9.78 Å². The van der Waals surface area contributed by atoms with Crippen LogP contribution >= 0.6 is 0 Å². The molecule has 1 aliphatic heterocycles. The lowest BCUT2D eigenvalue weighted by Crippen LogP contribution is -2.41. The Morgan fingerprint density at radius 3 is 3.12 bits per heavy atom. The maximum atomic E-state index is 12.7. The molecule has 1 atom stereocenters. The number of hydrogen-bond donors (Lipinski definition) is 2. The number of nitrogens with one attached hydrogen (secondary N) is 2. The van der Waals surface area contributed by atoms with Gasteiger partial charge in [-0.3, -0.25) is 10.4 Å². The molecule has 0 aromatic carbocycles. The maximum Gasteiger partial charge on any atom is 0.323 e. The molecule has 4 rings (SSSR count). The van der Waals surface area contributed by atoms with Crippen LogP contribution in [0.4, 0.5) is 10.6 Å². The lowest BCUT2D eigenvalue weighted by Gasteiger charge is -2.33. The fourth-order valence-electron chi connectivity index (χ4n) is 3.12. The van der Waals surface area contributed by atoms with Crippen LogP contribution in [0.1, 0.15) is 36.9 Å². The average molecular weight is 342 g/mol. The van der Waals surface area contributed by atoms with Crippen molar-refractivity contribution < 1.29 is 13.7 Å². The first kappa shape index (κ1) is 15.4. The molecular formula is C16H18N6O3. The lowest BCUT2D eigenvalue weighted by atomic mass is 10.0. The van der Waals surface area contributed by atoms with Gasteiger partial charge < -0.3 is 13.8 Å². The van der Waals surface area contributed by atoms with E-state index in [1.807, 2.05) is 6.92 Å². The fourth-order valence-corrected chi connectivity index (χ4v) is 3.12. The summed E-state index contributed by atoms with van der Waals surface area (Å²) < 4.78 is 10.6. The number of carbonyl (C=O) groups excluding carboxylic acids is 1. The van der Waals surface area contributed by atoms with Gasteiger partial charge in [0.15, 0.2) is 11.6 Å². The first-order chi connectivity index (χ1) is 12.2. The fraction of sp³-hybridized carbons (Fsp3) is 0.375. The Morgan fingerprint density at radius 2 is 2.36 bits per heavy atom. The van der Waals surface area contributed by atoms with E-state index in [0.717, 1.165) is 30.6 Å². The smallest absolute Gasteiger partial charge is 0.323 e. The summed E-state index contributed by atoms with van der Waals surface area (Å²) in [4.78, 5) is 18.6. The van der Waals surface area contributed by atoms with Crippen LogP contribution in [0.25, 0.3) is 11.3 Å². The summed E-state index contributed by atoms with van der Waals surface area (Å²) in [5, 5.41) is 13.5. The normalized spacial score (nSPS) is 17.6. The number of carbonyl (C=O) groups is 1. The van der Waals surface area contributed by atoms with Crippen LogP contribution in [-0.2, 0) is 0 Å². The van der Waals surface area contributed by atoms with E-state index in [9.17, 15) is 4.79 Å². The van der Waals surface area contributed by atoms with Gasteiger partial charge in [-0.15, -0.1) is 0 Å². The number of piperidine rings is 1. The summed E-state index contributed by atoms with van der Waals surface area (Å²) in [6.07, 6.45) is 5.89. The van der Waals surface area contributed by atoms with Crippen LogP contribution in [0.15, 0.2) is 33.7 Å². The molecule has 1 aliphatic rings. The second-order valence-electron chi connectivity index (χ2n) is 5.97. The van der Waals surface area contributed by atoms with E-state index in [1.54, 1.807) is 23.3 Å². The zero-order valence-corrected chi connectivity index (χ0v) is 13.7. The van der Waals surface area contributed by atoms with Crippen molar-refractivity contribution in [2.75, 3.05) is 11.9 Å². The third kappa shape index (κ3) is 3.00. The summed E-state index contributed by atoms with van der Waals surface area (Å²) in [6, 6.07) is 3.14. The van der Waals surface area contributed by atoms with Crippen LogP contribution in [0.2, 0.25) is 0 Å². The topological polar surface area (TPSA) is 113 Å². The molecule has 3 aromatic rings. The van der Waals surface area contributed by atoms with Crippen LogP contribution in [-0.4, -0.2) is 37.8 Å². The van der Waals surface area contributed by atoms with Crippen molar-refractivity contribution in [2.24, 2.45) is 0 Å². The van der Waals surface area contributed by atoms with E-state index in [-0.39, 0.29) is 12.1 Å². The Bertz CT molecular complexity index is 853. The molecule has 130 valence electrons. The second-order valence-corrected chi connectivity index (χ2v) is 5.97. The predicted molar refractivity (Wildman–Crippen MR) is 87.6 cm³/mol. The van der Waals surface area contributed by atoms with Gasteiger partial charge in [0.1, 0.15) is 17.9 Å². The summed E-state index contributed by atoms with van der Waals surface area (Å²) in [5.41, 5.74) is 0.811. The highest BCUT2D eigenvalue weighted by Crippen LogP contribution is 2.30. The molecule has 0 aliphatic carbocycles. The number of amides is 2. The zero-order valence-electron chi connectivity index (χ0n) is 13.7. The van der Waals surface area contributed by atoms with Crippen LogP contribution in [0.3, 0.4) is 0 Å². The van der Waals surface area contributed by atoms with Gasteiger partial charge in [0.2, 0.25) is 0 Å². The van der Waals surface area contributed by atoms with Gasteiger partial charge in [0.25, 0.3) is 0 Å². The highest BCUT2D eigenvalue weighted by molar-refractivity contribution is 5.89. The summed E-state index contributed by atoms with van der Waals surface area (Å²) >= 11 is 0. The standard InChI is InChI=1S/C16H18N6O3/c1-10-11(5-7-24-10)13-8-14(21-25-13)19-16(23)22-6-3-2-4-12(22)15-17-9-18-20-15/h5,7-9,12H,2-4,6H2,1H3,(H,17,18,20)(H,19,21,23). The maximum absolute atomic E-state index is 12.7. The van der Waals surface area contributed by atoms with Crippen molar-refractivity contribution in [3.05, 3.63) is 36.3 Å². The van der Waals surface area contributed by atoms with Gasteiger partial charge >= 0.3 is 6.03 Å². The Hall–Kier alpha value is -3.10. The molecule has 1 fully saturated rings. The minimum Gasteiger partial charge on any atom is -0.469 e. The molecule has 1 saturated heterocycles. The Kier molecular flexibility index (Phi) is 3.96. The SMILES string of the molecule is Cc1occc1-c1cc(NC(=O)N2CCCCC2c2ncn[nH]2)no1. The number of likely N-dealkylation sites (tertiary alicyclic amines) is 1. The molecule has 0 spiro atoms. The molecule has 9 nitrogen and oxygen atoms in total. The highest BCUT2D eigenvalue weighted by atomic mass is 16.5. The summed E-state index contributed by atoms with van der Waals surface area (Å²) in [6.45, 7) is 2.49. The number of rotatable bonds is 3. The minimum absolute atomic E-state index is 0.112. The van der Waals surface area contributed by atoms with Gasteiger partial charge in [-0.05, 0) is 32.3 Å². The van der Waals surface area contributed by atoms with Crippen LogP contribution in [0, 0.1) is 6.92 Å². The van der Waals surface area contributed by atoms with Crippen molar-refractivity contribution >= 4 is 11.8 Å². The first-order valence-corrected chi connectivity index (χ1v) is 8.16. The second kappa shape index (κ2) is 6.42. The van der Waals surface area contributed by atoms with Gasteiger partial charge in [-0.2, -0.15) is 5.10 Å². The number of anilines is 1. The quantitative estimate of drug-likeness (QED) is 0.756. The van der Waals surface area contributed by atoms with Crippen molar-refractivity contribution in [3.63, 3.8) is 0 Å². The molecule has 0 bridgehead atoms. The van der Waals surface area contributed by atoms with E-state index in [0.29, 0.717) is 23.9 Å². The molecule has 1 unspecified atom stereocenters. The average Bonchev–Trinajstić information content (AvgIpc) is 3.36. The van der Waals surface area contributed by atoms with E-state index < -0.39 is 0 Å². The summed E-state index contributed by atoms with van der Waals surface area (Å²) in [7, 11) is 0. The number of hydrogen-bond acceptors (Lipinski definition) is 6. The van der Waals surface area contributed by atoms with Crippen LogP contribution < -0.4 is 5.32 Å². The molecule has 4 heterocycles. The number of aromatic nitrogens is 4. The zero-order chi connectivity index (χ0) is 17.2. The number of aromatic amines is 1. The minimum atomic E-state index is -0.232. The third-order valence-electron chi connectivity index (χ3n) is 4.38. The number of aryl methyl sites for hydroxylation is 1. The van der Waals surface area contributed by atoms with Crippen molar-refractivity contribution in [2.45, 2.75) is 32.2 Å². The number of nitrogens with zero attached hydrogens (tertiary/aromatic N) is 4. The van der Waals surface area contributed by atoms with Crippen molar-refractivity contribution in [1.82, 2.24) is 25.2 Å². The molecule has 25 heavy (non-hydrogen) atoms. The largest absolute Gasteiger partial charge is 0.469 e. The van der Waals surface area contributed by atoms with Gasteiger partial charge in [0.05, 0.1) is 17.9 Å². The number of H-pyrrole nitrogens is 1. The molecule has 2 amide bonds. The van der Waals surface area contributed by atoms with E-state index >= 15 is 0 Å². The van der Waals surface area contributed by atoms with Crippen molar-refractivity contribution in [3.8, 4) is 11.3 Å². The molecular weight excluding hydrogens is 324 g/mol. The predicted octanol–water partition coefficient (Wildman–Crippen LogP) is 3.12. The van der Waals surface area contributed by atoms with E-state index in [2.05, 4.69) is 25.7 Å². The first-order valence-electron chi connectivity index (χ1n) is 8.16. The number of urea groups is 1. The van der Waals surface area contributed by atoms with Crippen molar-refractivity contribution in [1.29, 1.82) is 0 Å². The molecule has 0 saturated carbocycles. The third-order valence-corrected chi connectivity index (χ3v) is 4.38. The Balaban J connectivity index is 1.49. The molecule has 9 heteroatoms. The van der Waals surface area contributed by atoms with Gasteiger partial charge in [-0.1, -0.05) is 5.16 Å². The highest BCUT2D eigenvalue weighted by Gasteiger charge is 2.30. The Morgan fingerprint density at radius 1 is 1.44 bits per heavy atom. The Labute approximate surface area is 143 Å². The monoisotopic (exact) mass is 342 g/mol. The van der Waals surface area contributed by atoms with Crippen LogP contribution in [0.5, 0.6) is 0 Å². The molecule has 3 aromatic heterocycles. The van der Waals surface area contributed by atoms with Gasteiger partial charge in [0, 0.05) is 12.6 Å². The van der Waals surface area contributed by atoms with E-state index in [4.69, 9.17) is 8.94 Å².